The molecular weight excluding hydrogens is 542 g/mol. The molecule has 0 aliphatic carbocycles. The molecule has 3 rings (SSSR count). The van der Waals surface area contributed by atoms with Gasteiger partial charge in [-0.25, -0.2) is 0 Å². The summed E-state index contributed by atoms with van der Waals surface area (Å²) in [5.41, 5.74) is -6.47. The fraction of sp³-hybridized carbons (Fsp3) is 0.880. The first-order chi connectivity index (χ1) is 17.5. The van der Waals surface area contributed by atoms with Crippen molar-refractivity contribution in [1.29, 1.82) is 0 Å². The molecule has 8 nitrogen and oxygen atoms in total. The van der Waals surface area contributed by atoms with Crippen LogP contribution in [0.4, 0.5) is 26.3 Å². The van der Waals surface area contributed by atoms with E-state index in [1.165, 1.54) is 13.8 Å². The van der Waals surface area contributed by atoms with E-state index < -0.39 is 59.5 Å². The van der Waals surface area contributed by atoms with Crippen molar-refractivity contribution < 1.29 is 64.8 Å². The van der Waals surface area contributed by atoms with Crippen molar-refractivity contribution in [3.05, 3.63) is 0 Å². The van der Waals surface area contributed by atoms with Crippen molar-refractivity contribution in [3.8, 4) is 0 Å². The third-order valence-electron chi connectivity index (χ3n) is 7.73. The van der Waals surface area contributed by atoms with E-state index in [9.17, 15) is 40.7 Å². The van der Waals surface area contributed by atoms with E-state index in [0.29, 0.717) is 19.3 Å². The first kappa shape index (κ1) is 33.1. The topological polar surface area (TPSA) is 108 Å². The Morgan fingerprint density at radius 1 is 0.949 bits per heavy atom. The maximum absolute atomic E-state index is 12.5. The van der Waals surface area contributed by atoms with Crippen molar-refractivity contribution in [1.82, 2.24) is 0 Å². The summed E-state index contributed by atoms with van der Waals surface area (Å²) >= 11 is 0. The number of rotatable bonds is 8. The molecule has 0 aromatic rings. The van der Waals surface area contributed by atoms with E-state index in [4.69, 9.17) is 19.3 Å². The highest BCUT2D eigenvalue weighted by Crippen LogP contribution is 2.48. The van der Waals surface area contributed by atoms with E-state index in [1.807, 2.05) is 20.8 Å². The molecule has 6 unspecified atom stereocenters. The second-order valence-corrected chi connectivity index (χ2v) is 11.5. The standard InChI is InChI=1S/C13H18O5.C12H18F6O3/c1-4-13(2,3)12(15)18-9-7-5-6-8(16-7)10(9)17-11(6)14;1-5-9(3,4)8(19)21-7(2)6-10(20,11(13,14)15)12(16,17)18/h6-10H,4-5H2,1-3H3;7,20H,5-6H2,1-4H3. The lowest BCUT2D eigenvalue weighted by molar-refractivity contribution is -0.373. The minimum Gasteiger partial charge on any atom is -0.462 e. The minimum atomic E-state index is -5.92. The monoisotopic (exact) mass is 578 g/mol. The fourth-order valence-corrected chi connectivity index (χ4v) is 4.15. The molecular formula is C25H36F6O8. The van der Waals surface area contributed by atoms with Gasteiger partial charge in [-0.2, -0.15) is 26.3 Å². The number of halogens is 6. The van der Waals surface area contributed by atoms with Gasteiger partial charge in [0, 0.05) is 6.42 Å². The number of hydrogen-bond donors (Lipinski definition) is 1. The molecule has 3 aliphatic heterocycles. The molecule has 3 saturated heterocycles. The van der Waals surface area contributed by atoms with E-state index >= 15 is 0 Å². The Bertz CT molecular complexity index is 915. The molecule has 0 aromatic carbocycles. The first-order valence-electron chi connectivity index (χ1n) is 12.7. The average molecular weight is 579 g/mol. The van der Waals surface area contributed by atoms with Crippen molar-refractivity contribution in [3.63, 3.8) is 0 Å². The number of fused-ring (bicyclic) bond motifs is 1. The van der Waals surface area contributed by atoms with Gasteiger partial charge in [-0.3, -0.25) is 14.4 Å². The van der Waals surface area contributed by atoms with Gasteiger partial charge in [-0.05, 0) is 53.9 Å². The van der Waals surface area contributed by atoms with Crippen LogP contribution in [-0.4, -0.2) is 71.5 Å². The lowest BCUT2D eigenvalue weighted by Crippen LogP contribution is -2.58. The molecule has 6 atom stereocenters. The van der Waals surface area contributed by atoms with Gasteiger partial charge in [-0.15, -0.1) is 0 Å². The maximum Gasteiger partial charge on any atom is 0.426 e. The van der Waals surface area contributed by atoms with Crippen LogP contribution in [0.15, 0.2) is 0 Å². The third kappa shape index (κ3) is 6.63. The number of hydrogen-bond acceptors (Lipinski definition) is 8. The van der Waals surface area contributed by atoms with Crippen LogP contribution < -0.4 is 0 Å². The Hall–Kier alpha value is -2.09. The fourth-order valence-electron chi connectivity index (χ4n) is 4.15. The molecule has 0 amide bonds. The second kappa shape index (κ2) is 11.1. The molecule has 39 heavy (non-hydrogen) atoms. The SMILES string of the molecule is CCC(C)(C)C(=O)OC(C)CC(O)(C(F)(F)F)C(F)(F)F.CCC(C)(C)C(=O)OC1C2CC3C(=O)OC1C3O2. The highest BCUT2D eigenvalue weighted by atomic mass is 19.4. The molecule has 3 heterocycles. The van der Waals surface area contributed by atoms with Crippen LogP contribution in [0.3, 0.4) is 0 Å². The highest BCUT2D eigenvalue weighted by molar-refractivity contribution is 5.79. The van der Waals surface area contributed by atoms with Crippen LogP contribution in [0.1, 0.15) is 74.1 Å². The van der Waals surface area contributed by atoms with Gasteiger partial charge in [0.25, 0.3) is 5.60 Å². The van der Waals surface area contributed by atoms with Gasteiger partial charge in [0.05, 0.1) is 22.9 Å². The highest BCUT2D eigenvalue weighted by Gasteiger charge is 2.70. The number of carbonyl (C=O) groups excluding carboxylic acids is 3. The zero-order valence-electron chi connectivity index (χ0n) is 22.9. The van der Waals surface area contributed by atoms with Gasteiger partial charge in [0.1, 0.15) is 12.2 Å². The lowest BCUT2D eigenvalue weighted by atomic mass is 9.87. The molecule has 0 radical (unpaired) electrons. The summed E-state index contributed by atoms with van der Waals surface area (Å²) in [7, 11) is 0. The van der Waals surface area contributed by atoms with E-state index in [2.05, 4.69) is 4.74 Å². The lowest BCUT2D eigenvalue weighted by Gasteiger charge is -2.34. The normalized spacial score (nSPS) is 27.4. The van der Waals surface area contributed by atoms with Gasteiger partial charge in [-0.1, -0.05) is 13.8 Å². The average Bonchev–Trinajstić information content (AvgIpc) is 3.43. The van der Waals surface area contributed by atoms with Crippen molar-refractivity contribution in [2.45, 2.75) is 123 Å². The number of aliphatic hydroxyl groups is 1. The van der Waals surface area contributed by atoms with Gasteiger partial charge >= 0.3 is 30.3 Å². The summed E-state index contributed by atoms with van der Waals surface area (Å²) in [6.45, 7) is 11.0. The summed E-state index contributed by atoms with van der Waals surface area (Å²) in [6, 6.07) is 0. The van der Waals surface area contributed by atoms with Crippen molar-refractivity contribution in [2.24, 2.45) is 16.7 Å². The van der Waals surface area contributed by atoms with Crippen molar-refractivity contribution in [2.75, 3.05) is 0 Å². The Morgan fingerprint density at radius 2 is 1.44 bits per heavy atom. The second-order valence-electron chi connectivity index (χ2n) is 11.5. The summed E-state index contributed by atoms with van der Waals surface area (Å²) in [4.78, 5) is 35.2. The molecule has 1 N–H and O–H groups in total. The zero-order chi connectivity index (χ0) is 30.4. The van der Waals surface area contributed by atoms with Crippen LogP contribution >= 0.6 is 0 Å². The number of esters is 3. The Balaban J connectivity index is 0.000000275. The van der Waals surface area contributed by atoms with Gasteiger partial charge < -0.3 is 24.1 Å². The maximum atomic E-state index is 12.5. The summed E-state index contributed by atoms with van der Waals surface area (Å²) in [5, 5.41) is 8.99. The molecule has 226 valence electrons. The zero-order valence-corrected chi connectivity index (χ0v) is 22.9. The third-order valence-corrected chi connectivity index (χ3v) is 7.73. The van der Waals surface area contributed by atoms with E-state index in [-0.39, 0.29) is 30.1 Å². The quantitative estimate of drug-likeness (QED) is 0.252. The molecule has 3 fully saturated rings. The van der Waals surface area contributed by atoms with Crippen LogP contribution in [0.2, 0.25) is 0 Å². The summed E-state index contributed by atoms with van der Waals surface area (Å²) in [5.74, 6) is -1.52. The predicted molar refractivity (Wildman–Crippen MR) is 122 cm³/mol. The number of alkyl halides is 6. The summed E-state index contributed by atoms with van der Waals surface area (Å²) < 4.78 is 96.0. The van der Waals surface area contributed by atoms with Crippen LogP contribution in [-0.2, 0) is 33.3 Å². The van der Waals surface area contributed by atoms with E-state index in [0.717, 1.165) is 6.92 Å². The molecule has 0 saturated carbocycles. The summed E-state index contributed by atoms with van der Waals surface area (Å²) in [6.07, 6.45) is -15.0. The van der Waals surface area contributed by atoms with Gasteiger partial charge in [0.15, 0.2) is 12.2 Å². The molecule has 0 spiro atoms. The Morgan fingerprint density at radius 3 is 1.90 bits per heavy atom. The largest absolute Gasteiger partial charge is 0.462 e. The Labute approximate surface area is 222 Å². The van der Waals surface area contributed by atoms with Crippen LogP contribution in [0.5, 0.6) is 0 Å². The molecule has 0 aromatic heterocycles. The molecule has 3 aliphatic rings. The molecule has 14 heteroatoms. The molecule has 2 bridgehead atoms. The predicted octanol–water partition coefficient (Wildman–Crippen LogP) is 4.65. The number of ether oxygens (including phenoxy) is 4. The van der Waals surface area contributed by atoms with Crippen LogP contribution in [0.25, 0.3) is 0 Å². The Kier molecular flexibility index (Phi) is 9.39. The smallest absolute Gasteiger partial charge is 0.426 e. The van der Waals surface area contributed by atoms with Crippen LogP contribution in [0, 0.1) is 16.7 Å². The number of carbonyl (C=O) groups is 3. The van der Waals surface area contributed by atoms with Crippen molar-refractivity contribution >= 4 is 17.9 Å². The first-order valence-corrected chi connectivity index (χ1v) is 12.7. The minimum absolute atomic E-state index is 0.144. The van der Waals surface area contributed by atoms with E-state index in [1.54, 1.807) is 6.92 Å². The van der Waals surface area contributed by atoms with Gasteiger partial charge in [0.2, 0.25) is 0 Å².